The van der Waals surface area contributed by atoms with E-state index >= 15 is 0 Å². The molecule has 1 aliphatic heterocycles. The van der Waals surface area contributed by atoms with E-state index < -0.39 is 0 Å². The summed E-state index contributed by atoms with van der Waals surface area (Å²) in [5.41, 5.74) is 1.21. The largest absolute Gasteiger partial charge is 0.496 e. The molecule has 0 radical (unpaired) electrons. The fourth-order valence-corrected chi connectivity index (χ4v) is 3.52. The predicted molar refractivity (Wildman–Crippen MR) is 112 cm³/mol. The molecule has 0 spiro atoms. The molecule has 1 saturated heterocycles. The third-order valence-electron chi connectivity index (χ3n) is 4.62. The second-order valence-corrected chi connectivity index (χ2v) is 7.12. The lowest BCUT2D eigenvalue weighted by atomic mass is 10.1. The number of methoxy groups -OCH3 is 1. The molecule has 6 nitrogen and oxygen atoms in total. The second kappa shape index (κ2) is 11.8. The first-order valence-electron chi connectivity index (χ1n) is 10.1. The van der Waals surface area contributed by atoms with Crippen LogP contribution in [0.5, 0.6) is 5.75 Å². The van der Waals surface area contributed by atoms with E-state index in [9.17, 15) is 0 Å². The summed E-state index contributed by atoms with van der Waals surface area (Å²) < 4.78 is 11.2. The molecular formula is C21H36N4O2. The minimum atomic E-state index is 0.325. The first-order chi connectivity index (χ1) is 13.1. The van der Waals surface area contributed by atoms with Gasteiger partial charge in [-0.1, -0.05) is 18.2 Å². The van der Waals surface area contributed by atoms with Crippen molar-refractivity contribution in [2.24, 2.45) is 4.99 Å². The number of ether oxygens (including phenoxy) is 2. The average Bonchev–Trinajstić information content (AvgIpc) is 2.64. The van der Waals surface area contributed by atoms with Crippen molar-refractivity contribution in [3.05, 3.63) is 29.8 Å². The van der Waals surface area contributed by atoms with Crippen LogP contribution in [0.2, 0.25) is 0 Å². The number of rotatable bonds is 9. The number of guanidine groups is 1. The maximum atomic E-state index is 5.79. The average molecular weight is 377 g/mol. The molecule has 1 heterocycles. The van der Waals surface area contributed by atoms with Gasteiger partial charge in [0.2, 0.25) is 0 Å². The number of aliphatic imine (C=N–C) groups is 1. The third-order valence-corrected chi connectivity index (χ3v) is 4.62. The van der Waals surface area contributed by atoms with Crippen LogP contribution in [0.4, 0.5) is 0 Å². The molecule has 2 rings (SSSR count). The molecule has 0 aliphatic carbocycles. The minimum absolute atomic E-state index is 0.325. The summed E-state index contributed by atoms with van der Waals surface area (Å²) in [7, 11) is 1.72. The van der Waals surface area contributed by atoms with E-state index in [-0.39, 0.29) is 0 Å². The van der Waals surface area contributed by atoms with Crippen molar-refractivity contribution in [3.63, 3.8) is 0 Å². The molecule has 152 valence electrons. The Kier molecular flexibility index (Phi) is 9.42. The molecule has 6 heteroatoms. The molecule has 2 atom stereocenters. The van der Waals surface area contributed by atoms with E-state index in [0.717, 1.165) is 63.8 Å². The fourth-order valence-electron chi connectivity index (χ4n) is 3.52. The highest BCUT2D eigenvalue weighted by Crippen LogP contribution is 2.17. The molecule has 0 saturated carbocycles. The zero-order chi connectivity index (χ0) is 19.5. The summed E-state index contributed by atoms with van der Waals surface area (Å²) in [5.74, 6) is 1.83. The Morgan fingerprint density at radius 2 is 1.96 bits per heavy atom. The van der Waals surface area contributed by atoms with Crippen LogP contribution in [0.1, 0.15) is 32.8 Å². The van der Waals surface area contributed by atoms with E-state index in [2.05, 4.69) is 42.4 Å². The standard InChI is InChI=1S/C21H36N4O2/c1-5-22-21(24-13-11-19-9-6-7-10-20(19)26-4)23-12-8-14-25-15-17(2)27-18(3)16-25/h6-7,9-10,17-18H,5,8,11-16H2,1-4H3,(H2,22,23,24). The van der Waals surface area contributed by atoms with Crippen LogP contribution in [0.3, 0.4) is 0 Å². The summed E-state index contributed by atoms with van der Waals surface area (Å²) in [6.45, 7) is 12.0. The first kappa shape index (κ1) is 21.5. The number of nitrogens with one attached hydrogen (secondary N) is 2. The van der Waals surface area contributed by atoms with Gasteiger partial charge in [-0.15, -0.1) is 0 Å². The van der Waals surface area contributed by atoms with E-state index in [1.54, 1.807) is 7.11 Å². The van der Waals surface area contributed by atoms with Crippen LogP contribution in [-0.4, -0.2) is 69.4 Å². The van der Waals surface area contributed by atoms with E-state index in [1.807, 2.05) is 18.2 Å². The molecule has 0 bridgehead atoms. The van der Waals surface area contributed by atoms with Crippen molar-refractivity contribution in [2.75, 3.05) is 46.4 Å². The maximum absolute atomic E-state index is 5.79. The lowest BCUT2D eigenvalue weighted by Gasteiger charge is -2.35. The van der Waals surface area contributed by atoms with E-state index in [0.29, 0.717) is 12.2 Å². The van der Waals surface area contributed by atoms with Crippen molar-refractivity contribution in [3.8, 4) is 5.75 Å². The van der Waals surface area contributed by atoms with Gasteiger partial charge in [0.1, 0.15) is 5.75 Å². The first-order valence-corrected chi connectivity index (χ1v) is 10.1. The van der Waals surface area contributed by atoms with Crippen molar-refractivity contribution in [1.29, 1.82) is 0 Å². The van der Waals surface area contributed by atoms with Crippen LogP contribution in [0.25, 0.3) is 0 Å². The van der Waals surface area contributed by atoms with Crippen molar-refractivity contribution in [1.82, 2.24) is 15.5 Å². The van der Waals surface area contributed by atoms with E-state index in [1.165, 1.54) is 5.56 Å². The Labute approximate surface area is 164 Å². The lowest BCUT2D eigenvalue weighted by Crippen LogP contribution is -2.45. The van der Waals surface area contributed by atoms with Gasteiger partial charge in [0.15, 0.2) is 5.96 Å². The highest BCUT2D eigenvalue weighted by atomic mass is 16.5. The van der Waals surface area contributed by atoms with Crippen LogP contribution < -0.4 is 15.4 Å². The topological polar surface area (TPSA) is 58.1 Å². The number of hydrogen-bond donors (Lipinski definition) is 2. The summed E-state index contributed by atoms with van der Waals surface area (Å²) in [5, 5.41) is 6.75. The van der Waals surface area contributed by atoms with Gasteiger partial charge >= 0.3 is 0 Å². The maximum Gasteiger partial charge on any atom is 0.191 e. The van der Waals surface area contributed by atoms with Crippen LogP contribution in [-0.2, 0) is 11.2 Å². The molecule has 2 N–H and O–H groups in total. The normalized spacial score (nSPS) is 21.1. The number of para-hydroxylation sites is 1. The lowest BCUT2D eigenvalue weighted by molar-refractivity contribution is -0.0679. The highest BCUT2D eigenvalue weighted by molar-refractivity contribution is 5.79. The molecule has 1 aromatic rings. The van der Waals surface area contributed by atoms with Gasteiger partial charge in [-0.3, -0.25) is 9.89 Å². The number of hydrogen-bond acceptors (Lipinski definition) is 4. The molecule has 2 unspecified atom stereocenters. The quantitative estimate of drug-likeness (QED) is 0.393. The Bertz CT molecular complexity index is 569. The van der Waals surface area contributed by atoms with E-state index in [4.69, 9.17) is 14.5 Å². The third kappa shape index (κ3) is 7.77. The smallest absolute Gasteiger partial charge is 0.191 e. The molecular weight excluding hydrogens is 340 g/mol. The number of nitrogens with zero attached hydrogens (tertiary/aromatic N) is 2. The second-order valence-electron chi connectivity index (χ2n) is 7.12. The fraction of sp³-hybridized carbons (Fsp3) is 0.667. The zero-order valence-electron chi connectivity index (χ0n) is 17.3. The Balaban J connectivity index is 1.73. The minimum Gasteiger partial charge on any atom is -0.496 e. The summed E-state index contributed by atoms with van der Waals surface area (Å²) in [6, 6.07) is 8.15. The van der Waals surface area contributed by atoms with Gasteiger partial charge < -0.3 is 20.1 Å². The van der Waals surface area contributed by atoms with Crippen molar-refractivity contribution >= 4 is 5.96 Å². The molecule has 1 aliphatic rings. The molecule has 1 aromatic carbocycles. The van der Waals surface area contributed by atoms with Gasteiger partial charge in [-0.25, -0.2) is 0 Å². The number of morpholine rings is 1. The summed E-state index contributed by atoms with van der Waals surface area (Å²) in [6.07, 6.45) is 2.61. The highest BCUT2D eigenvalue weighted by Gasteiger charge is 2.21. The molecule has 0 amide bonds. The monoisotopic (exact) mass is 376 g/mol. The van der Waals surface area contributed by atoms with Crippen LogP contribution in [0, 0.1) is 0 Å². The molecule has 1 fully saturated rings. The Morgan fingerprint density at radius 1 is 1.22 bits per heavy atom. The zero-order valence-corrected chi connectivity index (χ0v) is 17.3. The Hall–Kier alpha value is -1.79. The molecule has 0 aromatic heterocycles. The Morgan fingerprint density at radius 3 is 2.67 bits per heavy atom. The molecule has 27 heavy (non-hydrogen) atoms. The summed E-state index contributed by atoms with van der Waals surface area (Å²) in [4.78, 5) is 7.20. The van der Waals surface area contributed by atoms with Gasteiger partial charge in [0, 0.05) is 39.3 Å². The van der Waals surface area contributed by atoms with Crippen LogP contribution >= 0.6 is 0 Å². The van der Waals surface area contributed by atoms with Gasteiger partial charge in [0.05, 0.1) is 19.3 Å². The van der Waals surface area contributed by atoms with Gasteiger partial charge in [0.25, 0.3) is 0 Å². The number of benzene rings is 1. The van der Waals surface area contributed by atoms with Crippen LogP contribution in [0.15, 0.2) is 29.3 Å². The SMILES string of the molecule is CCNC(=NCCCN1CC(C)OC(C)C1)NCCc1ccccc1OC. The van der Waals surface area contributed by atoms with Gasteiger partial charge in [-0.2, -0.15) is 0 Å². The van der Waals surface area contributed by atoms with Crippen molar-refractivity contribution < 1.29 is 9.47 Å². The van der Waals surface area contributed by atoms with Crippen molar-refractivity contribution in [2.45, 2.75) is 45.8 Å². The summed E-state index contributed by atoms with van der Waals surface area (Å²) >= 11 is 0. The predicted octanol–water partition coefficient (Wildman–Crippen LogP) is 2.29. The van der Waals surface area contributed by atoms with Gasteiger partial charge in [-0.05, 0) is 45.2 Å².